The maximum absolute atomic E-state index is 14.0. The van der Waals surface area contributed by atoms with Gasteiger partial charge in [0.05, 0.1) is 0 Å². The van der Waals surface area contributed by atoms with Gasteiger partial charge in [0.15, 0.2) is 46.0 Å². The number of nitrogens with zero attached hydrogens (tertiary/aromatic N) is 5. The summed E-state index contributed by atoms with van der Waals surface area (Å²) in [7, 11) is 4.24. The molecule has 766 valence electrons. The number of carbonyl (C=O) groups excluding carboxylic acids is 7. The van der Waals surface area contributed by atoms with Crippen molar-refractivity contribution in [1.29, 1.82) is 0 Å². The highest BCUT2D eigenvalue weighted by Gasteiger charge is 2.35. The lowest BCUT2D eigenvalue weighted by atomic mass is 10.0. The maximum Gasteiger partial charge on any atom is 0.356 e. The maximum atomic E-state index is 14.0. The Morgan fingerprint density at radius 2 is 0.662 bits per heavy atom. The van der Waals surface area contributed by atoms with Crippen LogP contribution in [0.1, 0.15) is 177 Å². The normalized spacial score (nSPS) is 11.5. The number of aromatic carboxylic acids is 1. The van der Waals surface area contributed by atoms with Crippen LogP contribution in [0.4, 0.5) is 52.7 Å². The minimum atomic E-state index is -1.45. The Morgan fingerprint density at radius 1 is 0.400 bits per heavy atom. The molecular formula is C105H103ClF12N10O17. The Kier molecular flexibility index (Phi) is 44.1. The molecule has 0 bridgehead atoms. The number of nitrogens with two attached hydrogens (primary N) is 1. The van der Waals surface area contributed by atoms with Gasteiger partial charge in [0.2, 0.25) is 21.7 Å². The summed E-state index contributed by atoms with van der Waals surface area (Å²) in [6, 6.07) is 39.1. The lowest BCUT2D eigenvalue weighted by Crippen LogP contribution is -2.46. The number of amides is 5. The molecule has 27 nitrogen and oxygen atoms in total. The van der Waals surface area contributed by atoms with Crippen LogP contribution in [0, 0.1) is 75.7 Å². The molecule has 12 aromatic rings. The molecule has 7 N–H and O–H groups in total. The van der Waals surface area contributed by atoms with Crippen LogP contribution in [0.2, 0.25) is 0 Å². The second-order valence-electron chi connectivity index (χ2n) is 31.7. The van der Waals surface area contributed by atoms with E-state index in [1.807, 2.05) is 19.1 Å². The van der Waals surface area contributed by atoms with Gasteiger partial charge in [0.1, 0.15) is 130 Å². The molecule has 0 radical (unpaired) electrons. The van der Waals surface area contributed by atoms with Crippen molar-refractivity contribution in [3.63, 3.8) is 0 Å². The summed E-state index contributed by atoms with van der Waals surface area (Å²) in [5.74, 6) is -22.1. The van der Waals surface area contributed by atoms with E-state index in [9.17, 15) is 115 Å². The number of allylic oxidation sites excluding steroid dienone is 1. The summed E-state index contributed by atoms with van der Waals surface area (Å²) < 4.78 is 191. The van der Waals surface area contributed by atoms with Gasteiger partial charge >= 0.3 is 5.97 Å². The number of hydrogen-bond acceptors (Lipinski definition) is 17. The van der Waals surface area contributed by atoms with E-state index >= 15 is 0 Å². The fourth-order valence-corrected chi connectivity index (χ4v) is 13.7. The average molecular weight is 2040 g/mol. The topological polar surface area (TPSA) is 359 Å². The van der Waals surface area contributed by atoms with E-state index in [2.05, 4.69) is 41.0 Å². The monoisotopic (exact) mass is 2040 g/mol. The van der Waals surface area contributed by atoms with Gasteiger partial charge in [-0.05, 0) is 42.0 Å². The number of Topliss-reactive ketones (excluding diaryl/α,β-unsaturated/α-hetero) is 2. The number of halogens is 13. The average Bonchev–Trinajstić information content (AvgIpc) is 0.774. The standard InChI is InChI=1S/C27H24F3N3O4.C27H25F3N2O4.C23H19F3N2O4.C22H17F3N2O5.C4H9N.2CH4.ClH/c1-3-16(2)33-10-9-32-14-20(26(35)31-13-19-21(29)11-18(28)12-22(19)30)24(34)25(23(32)27(33)36)37-15-17-7-5-4-6-8-17;1-4-16(2)10-23(33)24-26(36-15-17-8-6-5-7-9-17)25(34)20(14-32(24)3)27(35)31-13-19-21(29)11-18(28)12-22(19)30;1-13(29)20-22(32-12-14-6-4-3-5-7-14)21(30)17(11-28(20)2)23(31)27-10-16-18(25)8-15(24)9-19(16)26;1-27-10-15(21(29)26-9-14-16(24)7-13(23)8-17(14)25)19(28)20(18(27)22(30)31)32-11-12-5-3-2-4-6-12;1-3-4(2)5;;;/h3-8,11-12,14,16H,1,9-10,13,15H2,2H3,(H,31,35);4-9,11-12,14,16H,1,10,13,15H2,2-3H3,(H,31,35);3-9,11H,10,12H2,1-2H3,(H,27,31);2-8,10H,9,11H2,1H3,(H,26,29)(H,30,31);3-4H,1,5H2,2H3;2*1H4;1H/t2*16-;;;4-;;;/m00..0.../s1. The third-order valence-electron chi connectivity index (χ3n) is 21.2. The van der Waals surface area contributed by atoms with E-state index in [0.29, 0.717) is 60.6 Å². The van der Waals surface area contributed by atoms with Crippen molar-refractivity contribution in [1.82, 2.24) is 44.4 Å². The van der Waals surface area contributed by atoms with Crippen molar-refractivity contribution in [2.24, 2.45) is 32.8 Å². The molecule has 4 aromatic heterocycles. The Morgan fingerprint density at radius 3 is 0.938 bits per heavy atom. The molecule has 0 saturated carbocycles. The molecule has 1 aliphatic rings. The van der Waals surface area contributed by atoms with E-state index in [1.54, 1.807) is 141 Å². The third-order valence-corrected chi connectivity index (χ3v) is 21.2. The molecule has 8 aromatic carbocycles. The molecule has 1 aliphatic heterocycles. The first-order chi connectivity index (χ1) is 67.5. The number of carboxylic acid groups (broad SMARTS) is 1. The summed E-state index contributed by atoms with van der Waals surface area (Å²) in [5, 5.41) is 18.5. The largest absolute Gasteiger partial charge is 0.483 e. The molecule has 0 saturated heterocycles. The number of benzene rings is 8. The zero-order chi connectivity index (χ0) is 104. The lowest BCUT2D eigenvalue weighted by molar-refractivity contribution is 0.0654. The Hall–Kier alpha value is -16.5. The number of ether oxygens (including phenoxy) is 4. The fourth-order valence-electron chi connectivity index (χ4n) is 13.7. The van der Waals surface area contributed by atoms with Crippen molar-refractivity contribution in [2.75, 3.05) is 6.54 Å². The van der Waals surface area contributed by atoms with E-state index in [1.165, 1.54) is 52.9 Å². The lowest BCUT2D eigenvalue weighted by Gasteiger charge is -2.34. The van der Waals surface area contributed by atoms with E-state index < -0.39 is 204 Å². The molecular weight excluding hydrogens is 1940 g/mol. The molecule has 145 heavy (non-hydrogen) atoms. The summed E-state index contributed by atoms with van der Waals surface area (Å²) in [6.45, 7) is 15.3. The van der Waals surface area contributed by atoms with E-state index in [4.69, 9.17) is 24.7 Å². The number of rotatable bonds is 33. The van der Waals surface area contributed by atoms with Crippen LogP contribution in [0.5, 0.6) is 23.0 Å². The number of pyridine rings is 4. The minimum absolute atomic E-state index is 0. The predicted octanol–water partition coefficient (Wildman–Crippen LogP) is 17.2. The van der Waals surface area contributed by atoms with E-state index in [-0.39, 0.29) is 136 Å². The number of aryl methyl sites for hydroxylation is 3. The number of carboxylic acids is 1. The minimum Gasteiger partial charge on any atom is -0.483 e. The zero-order valence-electron chi connectivity index (χ0n) is 77.6. The van der Waals surface area contributed by atoms with Crippen molar-refractivity contribution >= 4 is 59.5 Å². The number of fused-ring (bicyclic) bond motifs is 1. The third kappa shape index (κ3) is 31.0. The zero-order valence-corrected chi connectivity index (χ0v) is 78.4. The molecule has 0 spiro atoms. The van der Waals surface area contributed by atoms with Gasteiger partial charge in [-0.3, -0.25) is 52.7 Å². The first kappa shape index (κ1) is 117. The molecule has 0 aliphatic carbocycles. The van der Waals surface area contributed by atoms with Crippen LogP contribution in [0.3, 0.4) is 0 Å². The fraction of sp³-hybridized carbons (Fsp3) is 0.219. The van der Waals surface area contributed by atoms with Crippen LogP contribution < -0.4 is 67.7 Å². The van der Waals surface area contributed by atoms with Gasteiger partial charge in [0, 0.05) is 181 Å². The highest BCUT2D eigenvalue weighted by atomic mass is 35.5. The van der Waals surface area contributed by atoms with Gasteiger partial charge in [-0.15, -0.1) is 32.1 Å². The van der Waals surface area contributed by atoms with Crippen LogP contribution >= 0.6 is 12.4 Å². The molecule has 3 atom stereocenters. The molecule has 40 heteroatoms. The highest BCUT2D eigenvalue weighted by molar-refractivity contribution is 6.02. The summed E-state index contributed by atoms with van der Waals surface area (Å²) in [4.78, 5) is 155. The first-order valence-electron chi connectivity index (χ1n) is 43.0. The number of aromatic nitrogens is 4. The van der Waals surface area contributed by atoms with Gasteiger partial charge in [-0.2, -0.15) is 0 Å². The summed E-state index contributed by atoms with van der Waals surface area (Å²) >= 11 is 0. The number of carbonyl (C=O) groups is 8. The van der Waals surface area contributed by atoms with Crippen molar-refractivity contribution in [3.05, 3.63) is 433 Å². The van der Waals surface area contributed by atoms with Crippen molar-refractivity contribution in [3.8, 4) is 23.0 Å². The SMILES string of the molecule is C.C.C=C[C@H](C)CC(=O)c1c(OCc2ccccc2)c(=O)c(C(=O)NCc2c(F)cc(F)cc2F)cn1C.C=C[C@H](C)N.C=C[C@H](C)N1CCn2cc(C(=O)NCc3c(F)cc(F)cc3F)c(=O)c(OCc3ccccc3)c2C1=O.CC(=O)c1c(OCc2ccccc2)c(=O)c(C(=O)NCc2c(F)cc(F)cc2F)cn1C.Cl.Cn1cc(C(=O)NCc2c(F)cc(F)cc2F)c(=O)c(OCc2ccccc2)c1C(=O)O. The first-order valence-corrected chi connectivity index (χ1v) is 43.0. The van der Waals surface area contributed by atoms with Crippen LogP contribution in [0.15, 0.2) is 252 Å². The Balaban J connectivity index is 0.000000289. The second-order valence-corrected chi connectivity index (χ2v) is 31.7. The van der Waals surface area contributed by atoms with Gasteiger partial charge in [-0.1, -0.05) is 161 Å². The summed E-state index contributed by atoms with van der Waals surface area (Å²) in [5.41, 5.74) is 0.0380. The molecule has 13 rings (SSSR count). The van der Waals surface area contributed by atoms with Gasteiger partial charge < -0.3 is 74.2 Å². The smallest absolute Gasteiger partial charge is 0.356 e. The van der Waals surface area contributed by atoms with Crippen LogP contribution in [0.25, 0.3) is 0 Å². The van der Waals surface area contributed by atoms with Crippen LogP contribution in [-0.4, -0.2) is 94.0 Å². The highest BCUT2D eigenvalue weighted by Crippen LogP contribution is 2.29. The molecule has 5 heterocycles. The second kappa shape index (κ2) is 54.5. The van der Waals surface area contributed by atoms with Crippen molar-refractivity contribution in [2.45, 2.75) is 120 Å². The van der Waals surface area contributed by atoms with Gasteiger partial charge in [0.25, 0.3) is 29.5 Å². The van der Waals surface area contributed by atoms with Crippen molar-refractivity contribution < 1.29 is 115 Å². The van der Waals surface area contributed by atoms with E-state index in [0.717, 1.165) is 39.8 Å². The van der Waals surface area contributed by atoms with Gasteiger partial charge in [-0.25, -0.2) is 57.5 Å². The number of nitrogens with one attached hydrogen (secondary N) is 4. The number of ketones is 2. The van der Waals surface area contributed by atoms with Crippen LogP contribution in [-0.2, 0) is 80.3 Å². The predicted molar refractivity (Wildman–Crippen MR) is 519 cm³/mol. The molecule has 5 amide bonds. The molecule has 0 fully saturated rings. The number of hydrogen-bond donors (Lipinski definition) is 6. The Bertz CT molecular complexity index is 6730. The molecule has 0 unspecified atom stereocenters. The summed E-state index contributed by atoms with van der Waals surface area (Å²) in [6.07, 6.45) is 9.48. The Labute approximate surface area is 830 Å². The quantitative estimate of drug-likeness (QED) is 0.0126.